The van der Waals surface area contributed by atoms with E-state index in [9.17, 15) is 9.18 Å². The maximum atomic E-state index is 13.3. The van der Waals surface area contributed by atoms with Crippen molar-refractivity contribution in [2.45, 2.75) is 25.0 Å². The monoisotopic (exact) mass is 344 g/mol. The average Bonchev–Trinajstić information content (AvgIpc) is 3.21. The van der Waals surface area contributed by atoms with Crippen molar-refractivity contribution < 1.29 is 13.9 Å². The van der Waals surface area contributed by atoms with Crippen LogP contribution in [0.15, 0.2) is 30.6 Å². The van der Waals surface area contributed by atoms with Crippen molar-refractivity contribution >= 4 is 6.03 Å². The summed E-state index contributed by atoms with van der Waals surface area (Å²) in [7, 11) is 1.86. The summed E-state index contributed by atoms with van der Waals surface area (Å²) in [5.74, 6) is -0.224. The lowest BCUT2D eigenvalue weighted by Gasteiger charge is -2.33. The maximum absolute atomic E-state index is 13.3. The van der Waals surface area contributed by atoms with Gasteiger partial charge in [0.25, 0.3) is 0 Å². The van der Waals surface area contributed by atoms with Gasteiger partial charge in [0.05, 0.1) is 25.4 Å². The molecule has 1 fully saturated rings. The Labute approximate surface area is 145 Å². The first-order valence-corrected chi connectivity index (χ1v) is 8.54. The molecule has 4 rings (SSSR count). The molecule has 0 spiro atoms. The zero-order valence-electron chi connectivity index (χ0n) is 14.1. The lowest BCUT2D eigenvalue weighted by molar-refractivity contribution is -0.0158. The summed E-state index contributed by atoms with van der Waals surface area (Å²) >= 11 is 0. The number of carbonyl (C=O) groups is 1. The van der Waals surface area contributed by atoms with Gasteiger partial charge in [-0.05, 0) is 36.1 Å². The molecule has 1 aliphatic heterocycles. The third kappa shape index (κ3) is 3.24. The van der Waals surface area contributed by atoms with Gasteiger partial charge in [-0.2, -0.15) is 5.10 Å². The number of nitrogens with zero attached hydrogens (tertiary/aromatic N) is 3. The van der Waals surface area contributed by atoms with E-state index in [0.717, 1.165) is 29.5 Å². The molecule has 1 saturated heterocycles. The molecular weight excluding hydrogens is 323 g/mol. The number of aromatic nitrogens is 2. The predicted molar refractivity (Wildman–Crippen MR) is 89.5 cm³/mol. The Morgan fingerprint density at radius 1 is 1.44 bits per heavy atom. The Bertz CT molecular complexity index is 791. The molecule has 1 aliphatic carbocycles. The Hall–Kier alpha value is -2.41. The number of benzene rings is 1. The fourth-order valence-electron chi connectivity index (χ4n) is 3.62. The van der Waals surface area contributed by atoms with Gasteiger partial charge in [0.15, 0.2) is 0 Å². The second-order valence-corrected chi connectivity index (χ2v) is 6.64. The molecule has 2 unspecified atom stereocenters. The normalized spacial score (nSPS) is 22.7. The number of amides is 2. The van der Waals surface area contributed by atoms with Crippen LogP contribution in [0.4, 0.5) is 9.18 Å². The first-order chi connectivity index (χ1) is 12.1. The SMILES string of the molecule is Cn1cc(C2CN(C(=O)NC3CCc4cc(F)ccc43)CCO2)cn1. The Morgan fingerprint density at radius 3 is 3.12 bits per heavy atom. The number of rotatable bonds is 2. The van der Waals surface area contributed by atoms with Crippen LogP contribution in [-0.4, -0.2) is 40.4 Å². The number of halogens is 1. The highest BCUT2D eigenvalue weighted by atomic mass is 19.1. The van der Waals surface area contributed by atoms with Gasteiger partial charge in [-0.25, -0.2) is 9.18 Å². The summed E-state index contributed by atoms with van der Waals surface area (Å²) in [4.78, 5) is 14.5. The second-order valence-electron chi connectivity index (χ2n) is 6.64. The molecule has 25 heavy (non-hydrogen) atoms. The minimum Gasteiger partial charge on any atom is -0.370 e. The van der Waals surface area contributed by atoms with Gasteiger partial charge in [-0.3, -0.25) is 4.68 Å². The van der Waals surface area contributed by atoms with Crippen LogP contribution in [0.2, 0.25) is 0 Å². The number of ether oxygens (including phenoxy) is 1. The molecule has 2 atom stereocenters. The smallest absolute Gasteiger partial charge is 0.318 e. The van der Waals surface area contributed by atoms with Gasteiger partial charge in [0.2, 0.25) is 0 Å². The van der Waals surface area contributed by atoms with Crippen molar-refractivity contribution in [2.24, 2.45) is 7.05 Å². The number of hydrogen-bond donors (Lipinski definition) is 1. The molecule has 1 N–H and O–H groups in total. The molecule has 6 nitrogen and oxygen atoms in total. The number of hydrogen-bond acceptors (Lipinski definition) is 3. The number of urea groups is 1. The summed E-state index contributed by atoms with van der Waals surface area (Å²) < 4.78 is 20.8. The topological polar surface area (TPSA) is 59.4 Å². The average molecular weight is 344 g/mol. The van der Waals surface area contributed by atoms with Gasteiger partial charge < -0.3 is 15.0 Å². The summed E-state index contributed by atoms with van der Waals surface area (Å²) in [6.07, 6.45) is 5.13. The Kier molecular flexibility index (Phi) is 4.17. The third-order valence-corrected chi connectivity index (χ3v) is 4.93. The van der Waals surface area contributed by atoms with Crippen molar-refractivity contribution in [2.75, 3.05) is 19.7 Å². The number of morpholine rings is 1. The third-order valence-electron chi connectivity index (χ3n) is 4.93. The first-order valence-electron chi connectivity index (χ1n) is 8.54. The van der Waals surface area contributed by atoms with Gasteiger partial charge in [0.1, 0.15) is 11.9 Å². The summed E-state index contributed by atoms with van der Waals surface area (Å²) in [6.45, 7) is 1.56. The molecule has 1 aromatic carbocycles. The van der Waals surface area contributed by atoms with Crippen LogP contribution in [0, 0.1) is 5.82 Å². The lowest BCUT2D eigenvalue weighted by atomic mass is 10.1. The molecule has 132 valence electrons. The number of carbonyl (C=O) groups excluding carboxylic acids is 1. The standard InChI is InChI=1S/C18H21FN4O2/c1-22-10-13(9-20-22)17-11-23(6-7-25-17)18(24)21-16-5-2-12-8-14(19)3-4-15(12)16/h3-4,8-10,16-17H,2,5-7,11H2,1H3,(H,21,24). The van der Waals surface area contributed by atoms with E-state index in [1.165, 1.54) is 6.07 Å². The van der Waals surface area contributed by atoms with Gasteiger partial charge in [-0.1, -0.05) is 6.07 Å². The predicted octanol–water partition coefficient (Wildman–Crippen LogP) is 2.33. The van der Waals surface area contributed by atoms with E-state index >= 15 is 0 Å². The van der Waals surface area contributed by atoms with Crippen LogP contribution in [-0.2, 0) is 18.2 Å². The van der Waals surface area contributed by atoms with Crippen LogP contribution in [0.1, 0.15) is 35.3 Å². The molecule has 2 aromatic rings. The Morgan fingerprint density at radius 2 is 2.32 bits per heavy atom. The van der Waals surface area contributed by atoms with E-state index in [4.69, 9.17) is 4.74 Å². The quantitative estimate of drug-likeness (QED) is 0.910. The molecule has 0 saturated carbocycles. The molecule has 2 aliphatic rings. The van der Waals surface area contributed by atoms with Crippen LogP contribution >= 0.6 is 0 Å². The zero-order chi connectivity index (χ0) is 17.4. The molecule has 0 radical (unpaired) electrons. The number of nitrogens with one attached hydrogen (secondary N) is 1. The first kappa shape index (κ1) is 16.1. The molecule has 2 amide bonds. The van der Waals surface area contributed by atoms with Crippen LogP contribution < -0.4 is 5.32 Å². The maximum Gasteiger partial charge on any atom is 0.318 e. The zero-order valence-corrected chi connectivity index (χ0v) is 14.1. The fourth-order valence-corrected chi connectivity index (χ4v) is 3.62. The van der Waals surface area contributed by atoms with Crippen LogP contribution in [0.5, 0.6) is 0 Å². The van der Waals surface area contributed by atoms with Crippen molar-refractivity contribution in [1.82, 2.24) is 20.0 Å². The van der Waals surface area contributed by atoms with Crippen molar-refractivity contribution in [3.63, 3.8) is 0 Å². The van der Waals surface area contributed by atoms with E-state index in [1.807, 2.05) is 13.2 Å². The minimum atomic E-state index is -0.224. The van der Waals surface area contributed by atoms with Gasteiger partial charge >= 0.3 is 6.03 Å². The highest BCUT2D eigenvalue weighted by molar-refractivity contribution is 5.75. The van der Waals surface area contributed by atoms with Crippen molar-refractivity contribution in [3.8, 4) is 0 Å². The molecule has 7 heteroatoms. The highest BCUT2D eigenvalue weighted by Gasteiger charge is 2.30. The van der Waals surface area contributed by atoms with E-state index in [2.05, 4.69) is 10.4 Å². The van der Waals surface area contributed by atoms with Crippen LogP contribution in [0.3, 0.4) is 0 Å². The number of aryl methyl sites for hydroxylation is 2. The molecule has 2 heterocycles. The van der Waals surface area contributed by atoms with Gasteiger partial charge in [0, 0.05) is 25.4 Å². The highest BCUT2D eigenvalue weighted by Crippen LogP contribution is 2.32. The second kappa shape index (κ2) is 6.48. The van der Waals surface area contributed by atoms with E-state index in [-0.39, 0.29) is 24.0 Å². The molecule has 1 aromatic heterocycles. The molecular formula is C18H21FN4O2. The molecule has 0 bridgehead atoms. The summed E-state index contributed by atoms with van der Waals surface area (Å²) in [5.41, 5.74) is 2.98. The lowest BCUT2D eigenvalue weighted by Crippen LogP contribution is -2.47. The minimum absolute atomic E-state index is 0.0530. The van der Waals surface area contributed by atoms with E-state index in [1.54, 1.807) is 27.9 Å². The van der Waals surface area contributed by atoms with Crippen molar-refractivity contribution in [1.29, 1.82) is 0 Å². The Balaban J connectivity index is 1.42. The van der Waals surface area contributed by atoms with Crippen LogP contribution in [0.25, 0.3) is 0 Å². The number of fused-ring (bicyclic) bond motifs is 1. The van der Waals surface area contributed by atoms with E-state index < -0.39 is 0 Å². The summed E-state index contributed by atoms with van der Waals surface area (Å²) in [6, 6.07) is 4.65. The van der Waals surface area contributed by atoms with Gasteiger partial charge in [-0.15, -0.1) is 0 Å². The fraction of sp³-hybridized carbons (Fsp3) is 0.444. The van der Waals surface area contributed by atoms with E-state index in [0.29, 0.717) is 19.7 Å². The summed E-state index contributed by atoms with van der Waals surface area (Å²) in [5, 5.41) is 7.25. The largest absolute Gasteiger partial charge is 0.370 e. The van der Waals surface area contributed by atoms with Crippen molar-refractivity contribution in [3.05, 3.63) is 53.1 Å².